The molecule has 1 saturated heterocycles. The average Bonchev–Trinajstić information content (AvgIpc) is 3.45. The summed E-state index contributed by atoms with van der Waals surface area (Å²) in [4.78, 5) is 18.5. The van der Waals surface area contributed by atoms with E-state index in [0.29, 0.717) is 38.3 Å². The molecule has 0 bridgehead atoms. The molecule has 1 fully saturated rings. The number of nitriles is 1. The van der Waals surface area contributed by atoms with Crippen LogP contribution in [-0.4, -0.2) is 57.7 Å². The Morgan fingerprint density at radius 3 is 2.48 bits per heavy atom. The van der Waals surface area contributed by atoms with Crippen molar-refractivity contribution in [1.82, 2.24) is 19.6 Å². The van der Waals surface area contributed by atoms with E-state index in [4.69, 9.17) is 5.10 Å². The van der Waals surface area contributed by atoms with E-state index in [9.17, 15) is 10.1 Å². The number of nitrogens with zero attached hydrogens (tertiary/aromatic N) is 5. The summed E-state index contributed by atoms with van der Waals surface area (Å²) in [5.74, 6) is 0.286. The van der Waals surface area contributed by atoms with Gasteiger partial charge in [-0.15, -0.1) is 11.3 Å². The van der Waals surface area contributed by atoms with Crippen LogP contribution in [0.3, 0.4) is 0 Å². The Hall–Kier alpha value is -2.95. The van der Waals surface area contributed by atoms with Crippen molar-refractivity contribution < 1.29 is 4.79 Å². The predicted octanol–water partition coefficient (Wildman–Crippen LogP) is 3.97. The highest BCUT2D eigenvalue weighted by Crippen LogP contribution is 2.28. The Morgan fingerprint density at radius 2 is 1.87 bits per heavy atom. The normalized spacial score (nSPS) is 15.7. The van der Waals surface area contributed by atoms with Gasteiger partial charge in [0.25, 0.3) is 5.91 Å². The van der Waals surface area contributed by atoms with Gasteiger partial charge in [-0.05, 0) is 22.9 Å². The lowest BCUT2D eigenvalue weighted by Crippen LogP contribution is -2.52. The van der Waals surface area contributed by atoms with Gasteiger partial charge in [0, 0.05) is 32.4 Å². The van der Waals surface area contributed by atoms with Crippen molar-refractivity contribution in [3.05, 3.63) is 65.2 Å². The predicted molar refractivity (Wildman–Crippen MR) is 123 cm³/mol. The third-order valence-corrected chi connectivity index (χ3v) is 6.57. The molecule has 0 saturated carbocycles. The average molecular weight is 434 g/mol. The standard InChI is InChI=1S/C24H27N5OS/c1-18(2)21(15-25)27-10-12-28(13-11-27)24(30)20-17-29(16-19-7-4-3-5-8-19)26-23(20)22-9-6-14-31-22/h3-9,14,17-18,21H,10-13,16H2,1-2H3. The largest absolute Gasteiger partial charge is 0.336 e. The van der Waals surface area contributed by atoms with E-state index in [-0.39, 0.29) is 17.9 Å². The van der Waals surface area contributed by atoms with E-state index in [1.54, 1.807) is 11.3 Å². The molecule has 4 rings (SSSR count). The number of piperazine rings is 1. The summed E-state index contributed by atoms with van der Waals surface area (Å²) in [6, 6.07) is 16.4. The first-order chi connectivity index (χ1) is 15.1. The molecular formula is C24H27N5OS. The van der Waals surface area contributed by atoms with Crippen LogP contribution in [0.4, 0.5) is 0 Å². The summed E-state index contributed by atoms with van der Waals surface area (Å²) in [5, 5.41) is 16.3. The fourth-order valence-electron chi connectivity index (χ4n) is 4.05. The molecule has 1 atom stereocenters. The van der Waals surface area contributed by atoms with Crippen LogP contribution in [0, 0.1) is 17.2 Å². The number of amides is 1. The highest BCUT2D eigenvalue weighted by molar-refractivity contribution is 7.13. The van der Waals surface area contributed by atoms with Crippen molar-refractivity contribution >= 4 is 17.2 Å². The van der Waals surface area contributed by atoms with Crippen molar-refractivity contribution in [3.8, 4) is 16.6 Å². The Balaban J connectivity index is 1.54. The minimum atomic E-state index is -0.104. The van der Waals surface area contributed by atoms with E-state index in [1.807, 2.05) is 51.5 Å². The van der Waals surface area contributed by atoms with Crippen LogP contribution >= 0.6 is 11.3 Å². The highest BCUT2D eigenvalue weighted by atomic mass is 32.1. The first-order valence-corrected chi connectivity index (χ1v) is 11.5. The molecule has 3 heterocycles. The quantitative estimate of drug-likeness (QED) is 0.590. The number of hydrogen-bond donors (Lipinski definition) is 0. The lowest BCUT2D eigenvalue weighted by Gasteiger charge is -2.38. The second kappa shape index (κ2) is 9.46. The fourth-order valence-corrected chi connectivity index (χ4v) is 4.77. The van der Waals surface area contributed by atoms with E-state index in [2.05, 4.69) is 36.9 Å². The summed E-state index contributed by atoms with van der Waals surface area (Å²) in [5.41, 5.74) is 2.54. The number of carbonyl (C=O) groups is 1. The van der Waals surface area contributed by atoms with Crippen molar-refractivity contribution in [2.24, 2.45) is 5.92 Å². The molecule has 1 amide bonds. The molecule has 0 spiro atoms. The van der Waals surface area contributed by atoms with E-state index in [0.717, 1.165) is 16.1 Å². The summed E-state index contributed by atoms with van der Waals surface area (Å²) in [7, 11) is 0. The molecule has 1 aromatic carbocycles. The molecule has 0 aliphatic carbocycles. The van der Waals surface area contributed by atoms with Gasteiger partial charge in [-0.3, -0.25) is 14.4 Å². The molecule has 1 aliphatic heterocycles. The van der Waals surface area contributed by atoms with Gasteiger partial charge in [0.1, 0.15) is 11.7 Å². The molecule has 1 unspecified atom stereocenters. The smallest absolute Gasteiger partial charge is 0.257 e. The van der Waals surface area contributed by atoms with Crippen LogP contribution in [0.2, 0.25) is 0 Å². The van der Waals surface area contributed by atoms with Gasteiger partial charge >= 0.3 is 0 Å². The zero-order valence-corrected chi connectivity index (χ0v) is 18.8. The van der Waals surface area contributed by atoms with Crippen LogP contribution in [-0.2, 0) is 6.54 Å². The first kappa shape index (κ1) is 21.3. The lowest BCUT2D eigenvalue weighted by atomic mass is 10.0. The Labute approximate surface area is 187 Å². The van der Waals surface area contributed by atoms with Crippen molar-refractivity contribution in [2.45, 2.75) is 26.4 Å². The van der Waals surface area contributed by atoms with E-state index < -0.39 is 0 Å². The van der Waals surface area contributed by atoms with Crippen molar-refractivity contribution in [1.29, 1.82) is 5.26 Å². The third-order valence-electron chi connectivity index (χ3n) is 5.69. The van der Waals surface area contributed by atoms with Crippen LogP contribution in [0.25, 0.3) is 10.6 Å². The number of carbonyl (C=O) groups excluding carboxylic acids is 1. The van der Waals surface area contributed by atoms with Gasteiger partial charge in [-0.2, -0.15) is 10.4 Å². The van der Waals surface area contributed by atoms with Crippen LogP contribution in [0.15, 0.2) is 54.0 Å². The zero-order chi connectivity index (χ0) is 21.8. The molecular weight excluding hydrogens is 406 g/mol. The highest BCUT2D eigenvalue weighted by Gasteiger charge is 2.30. The van der Waals surface area contributed by atoms with Gasteiger partial charge in [-0.1, -0.05) is 50.2 Å². The fraction of sp³-hybridized carbons (Fsp3) is 0.375. The minimum Gasteiger partial charge on any atom is -0.336 e. The number of benzene rings is 1. The Bertz CT molecular complexity index is 1040. The number of hydrogen-bond acceptors (Lipinski definition) is 5. The molecule has 31 heavy (non-hydrogen) atoms. The molecule has 0 radical (unpaired) electrons. The molecule has 3 aromatic rings. The zero-order valence-electron chi connectivity index (χ0n) is 17.9. The Morgan fingerprint density at radius 1 is 1.13 bits per heavy atom. The van der Waals surface area contributed by atoms with Gasteiger partial charge in [0.05, 0.1) is 23.1 Å². The summed E-state index contributed by atoms with van der Waals surface area (Å²) >= 11 is 1.59. The molecule has 160 valence electrons. The van der Waals surface area contributed by atoms with Crippen molar-refractivity contribution in [3.63, 3.8) is 0 Å². The van der Waals surface area contributed by atoms with Crippen LogP contribution in [0.5, 0.6) is 0 Å². The summed E-state index contributed by atoms with van der Waals surface area (Å²) in [6.07, 6.45) is 1.88. The maximum absolute atomic E-state index is 13.5. The molecule has 1 aliphatic rings. The molecule has 2 aromatic heterocycles. The van der Waals surface area contributed by atoms with Crippen LogP contribution in [0.1, 0.15) is 29.8 Å². The second-order valence-corrected chi connectivity index (χ2v) is 9.15. The maximum atomic E-state index is 13.5. The molecule has 6 nitrogen and oxygen atoms in total. The van der Waals surface area contributed by atoms with E-state index >= 15 is 0 Å². The monoisotopic (exact) mass is 433 g/mol. The summed E-state index contributed by atoms with van der Waals surface area (Å²) in [6.45, 7) is 7.44. The third kappa shape index (κ3) is 4.71. The molecule has 7 heteroatoms. The Kier molecular flexibility index (Phi) is 6.50. The van der Waals surface area contributed by atoms with Gasteiger partial charge in [0.15, 0.2) is 0 Å². The number of rotatable bonds is 6. The van der Waals surface area contributed by atoms with Gasteiger partial charge in [0.2, 0.25) is 0 Å². The minimum absolute atomic E-state index is 0.0143. The SMILES string of the molecule is CC(C)C(C#N)N1CCN(C(=O)c2cn(Cc3ccccc3)nc2-c2cccs2)CC1. The van der Waals surface area contributed by atoms with Crippen LogP contribution < -0.4 is 0 Å². The van der Waals surface area contributed by atoms with Crippen molar-refractivity contribution in [2.75, 3.05) is 26.2 Å². The summed E-state index contributed by atoms with van der Waals surface area (Å²) < 4.78 is 1.86. The second-order valence-electron chi connectivity index (χ2n) is 8.20. The van der Waals surface area contributed by atoms with Gasteiger partial charge in [-0.25, -0.2) is 0 Å². The number of aromatic nitrogens is 2. The lowest BCUT2D eigenvalue weighted by molar-refractivity contribution is 0.0577. The first-order valence-electron chi connectivity index (χ1n) is 10.6. The topological polar surface area (TPSA) is 65.2 Å². The molecule has 0 N–H and O–H groups in total. The number of thiophene rings is 1. The van der Waals surface area contributed by atoms with Gasteiger partial charge < -0.3 is 4.90 Å². The van der Waals surface area contributed by atoms with E-state index in [1.165, 1.54) is 0 Å². The maximum Gasteiger partial charge on any atom is 0.257 e.